The summed E-state index contributed by atoms with van der Waals surface area (Å²) < 4.78 is 0.545. The topological polar surface area (TPSA) is 29.1 Å². The van der Waals surface area contributed by atoms with Crippen molar-refractivity contribution in [2.45, 2.75) is 97.3 Å². The summed E-state index contributed by atoms with van der Waals surface area (Å²) in [5.74, 6) is -0.0466. The molecule has 0 saturated heterocycles. The summed E-state index contributed by atoms with van der Waals surface area (Å²) in [5.41, 5.74) is 3.57. The van der Waals surface area contributed by atoms with E-state index >= 15 is 0 Å². The molecule has 0 rings (SSSR count). The number of amides is 1. The molecule has 0 aliphatic heterocycles. The summed E-state index contributed by atoms with van der Waals surface area (Å²) in [6, 6.07) is 0. The van der Waals surface area contributed by atoms with Gasteiger partial charge in [0.1, 0.15) is 6.54 Å². The molecule has 0 spiro atoms. The molecule has 0 aromatic carbocycles. The van der Waals surface area contributed by atoms with Gasteiger partial charge in [-0.1, -0.05) is 84.1 Å². The number of rotatable bonds is 16. The Morgan fingerprint density at radius 2 is 1.16 bits per heavy atom. The number of carbonyl (C=O) groups is 1. The Kier molecular flexibility index (Phi) is 18.0. The number of carbonyl (C=O) groups excluding carboxylic acids is 1. The second-order valence-electron chi connectivity index (χ2n) is 7.87. The van der Waals surface area contributed by atoms with Crippen LogP contribution in [0.2, 0.25) is 0 Å². The third kappa shape index (κ3) is 18.1. The molecule has 0 unspecified atom stereocenters. The quantitative estimate of drug-likeness (QED) is 0.191. The normalized spacial score (nSPS) is 11.0. The minimum atomic E-state index is -0.0466. The van der Waals surface area contributed by atoms with Gasteiger partial charge >= 0.3 is 0 Å². The van der Waals surface area contributed by atoms with E-state index in [0.717, 1.165) is 6.54 Å². The van der Waals surface area contributed by atoms with E-state index in [1.165, 1.54) is 83.5 Å². The molecule has 0 bridgehead atoms. The van der Waals surface area contributed by atoms with Crippen LogP contribution in [-0.4, -0.2) is 31.1 Å². The molecule has 0 saturated carbocycles. The molecule has 4 heteroatoms. The van der Waals surface area contributed by atoms with Gasteiger partial charge in [-0.2, -0.15) is 5.43 Å². The number of hydrogen-bond donors (Lipinski definition) is 1. The highest BCUT2D eigenvalue weighted by Crippen LogP contribution is 2.12. The summed E-state index contributed by atoms with van der Waals surface area (Å²) in [7, 11) is 4.09. The van der Waals surface area contributed by atoms with Crippen LogP contribution in [0.5, 0.6) is 0 Å². The van der Waals surface area contributed by atoms with Crippen molar-refractivity contribution in [3.63, 3.8) is 0 Å². The van der Waals surface area contributed by atoms with Crippen molar-refractivity contribution in [3.05, 3.63) is 12.2 Å². The van der Waals surface area contributed by atoms with E-state index < -0.39 is 0 Å². The molecule has 3 nitrogen and oxygen atoms in total. The van der Waals surface area contributed by atoms with Gasteiger partial charge in [0.25, 0.3) is 5.91 Å². The lowest BCUT2D eigenvalue weighted by Crippen LogP contribution is -3.00. The maximum Gasteiger partial charge on any atom is 0.290 e. The third-order valence-corrected chi connectivity index (χ3v) is 4.61. The lowest BCUT2D eigenvalue weighted by Gasteiger charge is -2.29. The van der Waals surface area contributed by atoms with E-state index in [1.54, 1.807) is 6.92 Å². The minimum Gasteiger partial charge on any atom is -1.00 e. The van der Waals surface area contributed by atoms with Crippen molar-refractivity contribution in [1.82, 2.24) is 5.43 Å². The van der Waals surface area contributed by atoms with Crippen molar-refractivity contribution in [2.24, 2.45) is 0 Å². The van der Waals surface area contributed by atoms with Gasteiger partial charge in [0.05, 0.1) is 14.1 Å². The van der Waals surface area contributed by atoms with Gasteiger partial charge < -0.3 is 12.4 Å². The van der Waals surface area contributed by atoms with Crippen molar-refractivity contribution in [3.8, 4) is 0 Å². The minimum absolute atomic E-state index is 0. The molecule has 25 heavy (non-hydrogen) atoms. The SMILES string of the molecule is C=C(C)C(=O)N[N+](C)(C)CCCCCCCCCCCCCCC.[Cl-]. The first-order valence-electron chi connectivity index (χ1n) is 10.2. The largest absolute Gasteiger partial charge is 1.00 e. The molecule has 1 amide bonds. The average molecular weight is 375 g/mol. The predicted octanol–water partition coefficient (Wildman–Crippen LogP) is 2.77. The van der Waals surface area contributed by atoms with Gasteiger partial charge in [0.15, 0.2) is 0 Å². The first-order valence-corrected chi connectivity index (χ1v) is 10.2. The van der Waals surface area contributed by atoms with E-state index in [2.05, 4.69) is 18.9 Å². The number of quaternary nitrogens is 1. The summed E-state index contributed by atoms with van der Waals surface area (Å²) >= 11 is 0. The van der Waals surface area contributed by atoms with Crippen molar-refractivity contribution >= 4 is 5.91 Å². The van der Waals surface area contributed by atoms with Crippen LogP contribution in [0.1, 0.15) is 97.3 Å². The predicted molar refractivity (Wildman–Crippen MR) is 106 cm³/mol. The fourth-order valence-electron chi connectivity index (χ4n) is 2.95. The Labute approximate surface area is 163 Å². The zero-order chi connectivity index (χ0) is 18.3. The Bertz CT molecular complexity index is 343. The summed E-state index contributed by atoms with van der Waals surface area (Å²) in [4.78, 5) is 11.7. The van der Waals surface area contributed by atoms with Crippen LogP contribution < -0.4 is 17.8 Å². The molecular weight excluding hydrogens is 332 g/mol. The highest BCUT2D eigenvalue weighted by molar-refractivity contribution is 5.91. The Balaban J connectivity index is 0. The number of nitrogens with zero attached hydrogens (tertiary/aromatic N) is 1. The second kappa shape index (κ2) is 16.9. The van der Waals surface area contributed by atoms with Crippen LogP contribution in [0.3, 0.4) is 0 Å². The van der Waals surface area contributed by atoms with Gasteiger partial charge in [0, 0.05) is 5.57 Å². The monoisotopic (exact) mass is 374 g/mol. The fourth-order valence-corrected chi connectivity index (χ4v) is 2.95. The average Bonchev–Trinajstić information content (AvgIpc) is 2.51. The number of nitrogens with one attached hydrogen (secondary N) is 1. The molecule has 0 fully saturated rings. The third-order valence-electron chi connectivity index (χ3n) is 4.61. The van der Waals surface area contributed by atoms with Gasteiger partial charge in [-0.25, -0.2) is 4.59 Å². The maximum absolute atomic E-state index is 11.7. The van der Waals surface area contributed by atoms with E-state index in [4.69, 9.17) is 0 Å². The number of unbranched alkanes of at least 4 members (excludes halogenated alkanes) is 12. The first-order chi connectivity index (χ1) is 11.4. The molecule has 150 valence electrons. The summed E-state index contributed by atoms with van der Waals surface area (Å²) in [6.07, 6.45) is 17.8. The van der Waals surface area contributed by atoms with Gasteiger partial charge in [0.2, 0.25) is 0 Å². The van der Waals surface area contributed by atoms with Gasteiger partial charge in [-0.3, -0.25) is 4.79 Å². The Morgan fingerprint density at radius 1 is 0.800 bits per heavy atom. The molecule has 0 aliphatic carbocycles. The molecule has 0 atom stereocenters. The molecule has 0 aliphatic rings. The van der Waals surface area contributed by atoms with E-state index in [0.29, 0.717) is 10.2 Å². The maximum atomic E-state index is 11.7. The summed E-state index contributed by atoms with van der Waals surface area (Å²) in [6.45, 7) is 8.70. The number of halogens is 1. The molecule has 1 N–H and O–H groups in total. The fraction of sp³-hybridized carbons (Fsp3) is 0.857. The van der Waals surface area contributed by atoms with Crippen LogP contribution in [-0.2, 0) is 4.79 Å². The van der Waals surface area contributed by atoms with Gasteiger partial charge in [-0.15, -0.1) is 0 Å². The highest BCUT2D eigenvalue weighted by Gasteiger charge is 2.18. The van der Waals surface area contributed by atoms with Crippen molar-refractivity contribution in [1.29, 1.82) is 0 Å². The molecular formula is C21H43ClN2O. The molecule has 0 heterocycles. The first kappa shape index (κ1) is 26.7. The molecule has 0 aromatic heterocycles. The molecule has 0 aromatic rings. The van der Waals surface area contributed by atoms with E-state index in [-0.39, 0.29) is 18.3 Å². The Morgan fingerprint density at radius 3 is 1.52 bits per heavy atom. The molecule has 0 radical (unpaired) electrons. The van der Waals surface area contributed by atoms with Crippen LogP contribution >= 0.6 is 0 Å². The zero-order valence-electron chi connectivity index (χ0n) is 17.3. The van der Waals surface area contributed by atoms with Crippen LogP contribution in [0.4, 0.5) is 0 Å². The smallest absolute Gasteiger partial charge is 0.290 e. The lowest BCUT2D eigenvalue weighted by atomic mass is 10.0. The zero-order valence-corrected chi connectivity index (χ0v) is 18.1. The Hall–Kier alpha value is -0.540. The van der Waals surface area contributed by atoms with Crippen molar-refractivity contribution in [2.75, 3.05) is 20.6 Å². The lowest BCUT2D eigenvalue weighted by molar-refractivity contribution is -0.925. The highest BCUT2D eigenvalue weighted by atomic mass is 35.5. The van der Waals surface area contributed by atoms with E-state index in [9.17, 15) is 4.79 Å². The second-order valence-corrected chi connectivity index (χ2v) is 7.87. The van der Waals surface area contributed by atoms with Crippen LogP contribution in [0.15, 0.2) is 12.2 Å². The standard InChI is InChI=1S/C21H42N2O.ClH/c1-6-7-8-9-10-11-12-13-14-15-16-17-18-19-23(4,5)22-21(24)20(2)3;/h2,6-19H2,1,3-5H3;1H. The van der Waals surface area contributed by atoms with Crippen LogP contribution in [0, 0.1) is 0 Å². The van der Waals surface area contributed by atoms with Crippen molar-refractivity contribution < 1.29 is 21.8 Å². The van der Waals surface area contributed by atoms with E-state index in [1.807, 2.05) is 14.1 Å². The van der Waals surface area contributed by atoms with Crippen LogP contribution in [0.25, 0.3) is 0 Å². The number of hydrogen-bond acceptors (Lipinski definition) is 1. The van der Waals surface area contributed by atoms with Gasteiger partial charge in [-0.05, 0) is 19.8 Å². The summed E-state index contributed by atoms with van der Waals surface area (Å²) in [5, 5.41) is 0.